The summed E-state index contributed by atoms with van der Waals surface area (Å²) in [5.74, 6) is 1.88. The van der Waals surface area contributed by atoms with Gasteiger partial charge in [-0.15, -0.1) is 29.7 Å². The molecule has 0 spiro atoms. The zero-order valence-electron chi connectivity index (χ0n) is 22.8. The number of pyridine rings is 1. The summed E-state index contributed by atoms with van der Waals surface area (Å²) < 4.78 is 5.24. The number of thiazole rings is 1. The molecule has 2 aliphatic rings. The molecule has 2 amide bonds. The number of likely N-dealkylation sites (tertiary alicyclic amines) is 1. The molecule has 2 aromatic heterocycles. The summed E-state index contributed by atoms with van der Waals surface area (Å²) in [6.45, 7) is 9.04. The van der Waals surface area contributed by atoms with Crippen LogP contribution in [0.15, 0.2) is 65.7 Å². The molecule has 0 radical (unpaired) electrons. The van der Waals surface area contributed by atoms with E-state index in [1.54, 1.807) is 24.6 Å². The van der Waals surface area contributed by atoms with Gasteiger partial charge in [-0.25, -0.2) is 9.97 Å². The molecule has 2 fully saturated rings. The van der Waals surface area contributed by atoms with Crippen LogP contribution in [-0.2, 0) is 6.54 Å². The molecule has 0 saturated carbocycles. The van der Waals surface area contributed by atoms with E-state index >= 15 is 0 Å². The maximum Gasteiger partial charge on any atom is 0.273 e. The van der Waals surface area contributed by atoms with Gasteiger partial charge in [-0.05, 0) is 42.7 Å². The number of aromatic nitrogens is 2. The summed E-state index contributed by atoms with van der Waals surface area (Å²) in [4.78, 5) is 41.8. The van der Waals surface area contributed by atoms with Crippen molar-refractivity contribution in [3.63, 3.8) is 0 Å². The smallest absolute Gasteiger partial charge is 0.273 e. The van der Waals surface area contributed by atoms with Gasteiger partial charge in [-0.2, -0.15) is 0 Å². The van der Waals surface area contributed by atoms with Gasteiger partial charge in [0.05, 0.1) is 17.7 Å². The zero-order chi connectivity index (χ0) is 27.9. The number of ether oxygens (including phenoxy) is 1. The van der Waals surface area contributed by atoms with Crippen molar-refractivity contribution < 1.29 is 14.3 Å². The van der Waals surface area contributed by atoms with Gasteiger partial charge in [0, 0.05) is 69.1 Å². The Balaban J connectivity index is 1.11. The maximum atomic E-state index is 13.2. The summed E-state index contributed by atoms with van der Waals surface area (Å²) >= 11 is 3.09. The first kappa shape index (κ1) is 28.3. The Bertz CT molecular complexity index is 1310. The van der Waals surface area contributed by atoms with Crippen LogP contribution >= 0.6 is 23.1 Å². The van der Waals surface area contributed by atoms with E-state index in [2.05, 4.69) is 28.6 Å². The number of nitrogens with zero attached hydrogens (tertiary/aromatic N) is 5. The maximum absolute atomic E-state index is 13.2. The molecule has 0 N–H and O–H groups in total. The second-order valence-corrected chi connectivity index (χ2v) is 11.9. The molecular weight excluding hydrogens is 542 g/mol. The third-order valence-electron chi connectivity index (χ3n) is 7.44. The average molecular weight is 578 g/mol. The fourth-order valence-electron chi connectivity index (χ4n) is 5.14. The number of carbonyl (C=O) groups is 2. The largest absolute Gasteiger partial charge is 0.497 e. The lowest BCUT2D eigenvalue weighted by Gasteiger charge is -2.34. The molecule has 10 heteroatoms. The van der Waals surface area contributed by atoms with Crippen molar-refractivity contribution in [2.75, 3.05) is 52.1 Å². The first-order chi connectivity index (χ1) is 19.6. The third kappa shape index (κ3) is 6.74. The lowest BCUT2D eigenvalue weighted by atomic mass is 9.97. The highest BCUT2D eigenvalue weighted by atomic mass is 32.2. The molecule has 0 unspecified atom stereocenters. The zero-order valence-corrected chi connectivity index (χ0v) is 24.5. The van der Waals surface area contributed by atoms with Gasteiger partial charge in [0.15, 0.2) is 0 Å². The number of thioether (sulfide) groups is 1. The van der Waals surface area contributed by atoms with Crippen LogP contribution in [-0.4, -0.2) is 88.6 Å². The van der Waals surface area contributed by atoms with Crippen LogP contribution in [0.25, 0.3) is 0 Å². The first-order valence-corrected chi connectivity index (χ1v) is 15.5. The van der Waals surface area contributed by atoms with E-state index in [1.807, 2.05) is 45.5 Å². The van der Waals surface area contributed by atoms with Crippen molar-refractivity contribution >= 4 is 34.9 Å². The van der Waals surface area contributed by atoms with Crippen molar-refractivity contribution in [1.29, 1.82) is 0 Å². The van der Waals surface area contributed by atoms with Gasteiger partial charge in [0.1, 0.15) is 16.5 Å². The summed E-state index contributed by atoms with van der Waals surface area (Å²) in [6.07, 6.45) is 5.22. The Kier molecular flexibility index (Phi) is 9.51. The van der Waals surface area contributed by atoms with Crippen molar-refractivity contribution in [2.24, 2.45) is 0 Å². The number of amides is 2. The van der Waals surface area contributed by atoms with Crippen LogP contribution in [0.5, 0.6) is 5.75 Å². The number of piperazine rings is 1. The first-order valence-electron chi connectivity index (χ1n) is 13.6. The number of rotatable bonds is 9. The fraction of sp³-hybridized carbons (Fsp3) is 0.400. The fourth-order valence-corrected chi connectivity index (χ4v) is 6.83. The van der Waals surface area contributed by atoms with E-state index in [0.29, 0.717) is 43.2 Å². The van der Waals surface area contributed by atoms with Gasteiger partial charge in [-0.3, -0.25) is 14.5 Å². The van der Waals surface area contributed by atoms with Gasteiger partial charge < -0.3 is 14.5 Å². The number of hydrogen-bond acceptors (Lipinski definition) is 8. The molecule has 40 heavy (non-hydrogen) atoms. The molecule has 2 saturated heterocycles. The van der Waals surface area contributed by atoms with Crippen molar-refractivity contribution in [3.8, 4) is 5.75 Å². The van der Waals surface area contributed by atoms with Gasteiger partial charge in [0.25, 0.3) is 11.8 Å². The topological polar surface area (TPSA) is 78.9 Å². The third-order valence-corrected chi connectivity index (χ3v) is 9.45. The second-order valence-electron chi connectivity index (χ2n) is 10.0. The Morgan fingerprint density at radius 2 is 1.77 bits per heavy atom. The van der Waals surface area contributed by atoms with E-state index in [4.69, 9.17) is 9.72 Å². The molecule has 2 aliphatic heterocycles. The van der Waals surface area contributed by atoms with E-state index in [0.717, 1.165) is 48.3 Å². The van der Waals surface area contributed by atoms with Crippen LogP contribution in [0.1, 0.15) is 50.2 Å². The Morgan fingerprint density at radius 3 is 2.48 bits per heavy atom. The van der Waals surface area contributed by atoms with E-state index < -0.39 is 0 Å². The molecule has 0 bridgehead atoms. The van der Waals surface area contributed by atoms with Crippen LogP contribution < -0.4 is 4.74 Å². The predicted octanol–water partition coefficient (Wildman–Crippen LogP) is 4.80. The molecule has 1 aromatic carbocycles. The molecule has 8 nitrogen and oxygen atoms in total. The van der Waals surface area contributed by atoms with Gasteiger partial charge in [-0.1, -0.05) is 18.2 Å². The molecule has 4 heterocycles. The number of methoxy groups -OCH3 is 1. The monoisotopic (exact) mass is 577 g/mol. The summed E-state index contributed by atoms with van der Waals surface area (Å²) in [7, 11) is 1.67. The number of carbonyl (C=O) groups excluding carboxylic acids is 2. The normalized spacial score (nSPS) is 16.6. The van der Waals surface area contributed by atoms with Crippen molar-refractivity contribution in [3.05, 3.63) is 82.5 Å². The molecule has 0 atom stereocenters. The number of benzene rings is 1. The van der Waals surface area contributed by atoms with Gasteiger partial charge in [0.2, 0.25) is 0 Å². The minimum Gasteiger partial charge on any atom is -0.497 e. The minimum atomic E-state index is 0.0142. The van der Waals surface area contributed by atoms with Crippen molar-refractivity contribution in [2.45, 2.75) is 30.3 Å². The predicted molar refractivity (Wildman–Crippen MR) is 159 cm³/mol. The number of piperidine rings is 1. The molecule has 0 aliphatic carbocycles. The Hall–Kier alpha value is -3.21. The highest BCUT2D eigenvalue weighted by Gasteiger charge is 2.29. The summed E-state index contributed by atoms with van der Waals surface area (Å²) in [5, 5.41) is 3.65. The van der Waals surface area contributed by atoms with Crippen LogP contribution in [0, 0.1) is 0 Å². The van der Waals surface area contributed by atoms with Crippen LogP contribution in [0.2, 0.25) is 0 Å². The summed E-state index contributed by atoms with van der Waals surface area (Å²) in [6, 6.07) is 11.8. The number of hydrogen-bond donors (Lipinski definition) is 0. The highest BCUT2D eigenvalue weighted by Crippen LogP contribution is 2.32. The molecule has 5 rings (SSSR count). The Morgan fingerprint density at radius 1 is 1.05 bits per heavy atom. The molecular formula is C30H35N5O3S2. The SMILES string of the molecule is C=CCSc1ncccc1C(=O)N1CCC(c2nc(C(=O)N3CCN(Cc4ccc(OC)cc4)CC3)cs2)CC1. The average Bonchev–Trinajstić information content (AvgIpc) is 3.51. The molecule has 3 aromatic rings. The van der Waals surface area contributed by atoms with Crippen LogP contribution in [0.3, 0.4) is 0 Å². The lowest BCUT2D eigenvalue weighted by molar-refractivity contribution is 0.0623. The molecule has 210 valence electrons. The highest BCUT2D eigenvalue weighted by molar-refractivity contribution is 7.99. The van der Waals surface area contributed by atoms with Crippen molar-refractivity contribution in [1.82, 2.24) is 24.7 Å². The van der Waals surface area contributed by atoms with E-state index in [1.165, 1.54) is 17.3 Å². The summed E-state index contributed by atoms with van der Waals surface area (Å²) in [5.41, 5.74) is 2.44. The Labute approximate surface area is 244 Å². The lowest BCUT2D eigenvalue weighted by Crippen LogP contribution is -2.48. The van der Waals surface area contributed by atoms with E-state index in [-0.39, 0.29) is 17.7 Å². The standard InChI is InChI=1S/C30H35N5O3S2/c1-3-19-39-28-25(5-4-12-31-28)29(36)34-13-10-23(11-14-34)27-32-26(21-40-27)30(37)35-17-15-33(16-18-35)20-22-6-8-24(38-2)9-7-22/h3-9,12,21,23H,1,10-11,13-20H2,2H3. The minimum absolute atomic E-state index is 0.0142. The van der Waals surface area contributed by atoms with Crippen LogP contribution in [0.4, 0.5) is 0 Å². The second kappa shape index (κ2) is 13.4. The van der Waals surface area contributed by atoms with Gasteiger partial charge >= 0.3 is 0 Å². The quantitative estimate of drug-likeness (QED) is 0.267. The van der Waals surface area contributed by atoms with E-state index in [9.17, 15) is 9.59 Å².